The van der Waals surface area contributed by atoms with E-state index in [-0.39, 0.29) is 6.61 Å². The van der Waals surface area contributed by atoms with Crippen molar-refractivity contribution < 1.29 is 32.3 Å². The van der Waals surface area contributed by atoms with Crippen molar-refractivity contribution in [1.29, 1.82) is 0 Å². The summed E-state index contributed by atoms with van der Waals surface area (Å²) in [6.45, 7) is 0.0402. The predicted molar refractivity (Wildman–Crippen MR) is 116 cm³/mol. The molecular weight excluding hydrogens is 434 g/mol. The highest BCUT2D eigenvalue weighted by Gasteiger charge is 2.16. The van der Waals surface area contributed by atoms with Gasteiger partial charge in [-0.15, -0.1) is 0 Å². The molecule has 1 heterocycles. The fourth-order valence-corrected chi connectivity index (χ4v) is 3.14. The van der Waals surface area contributed by atoms with Gasteiger partial charge in [-0.1, -0.05) is 11.2 Å². The first kappa shape index (κ1) is 22.1. The fraction of sp³-hybridized carbons (Fsp3) is 0.167. The standard InChI is InChI=1S/C24H20F2N2O5/c1-29-19-8-6-16(12-21(19)30-2)24-27-23(28-33-24)15-5-9-20(22(11-15)31-3)32-13-14-4-7-17(25)18(26)10-14/h4-12H,13H2,1-3H3. The van der Waals surface area contributed by atoms with E-state index in [9.17, 15) is 8.78 Å². The van der Waals surface area contributed by atoms with E-state index in [2.05, 4.69) is 10.1 Å². The molecule has 170 valence electrons. The SMILES string of the molecule is COc1ccc(-c2nc(-c3ccc(OCc4ccc(F)c(F)c4)c(OC)c3)no2)cc1OC. The van der Waals surface area contributed by atoms with Crippen molar-refractivity contribution in [2.75, 3.05) is 21.3 Å². The Labute approximate surface area is 188 Å². The van der Waals surface area contributed by atoms with Crippen molar-refractivity contribution in [3.63, 3.8) is 0 Å². The predicted octanol–water partition coefficient (Wildman–Crippen LogP) is 5.29. The molecule has 3 aromatic carbocycles. The Kier molecular flexibility index (Phi) is 6.39. The van der Waals surface area contributed by atoms with Crippen molar-refractivity contribution in [1.82, 2.24) is 10.1 Å². The molecule has 7 nitrogen and oxygen atoms in total. The third-order valence-electron chi connectivity index (χ3n) is 4.86. The molecule has 0 amide bonds. The maximum Gasteiger partial charge on any atom is 0.258 e. The van der Waals surface area contributed by atoms with Crippen LogP contribution in [0.5, 0.6) is 23.0 Å². The molecule has 0 saturated heterocycles. The van der Waals surface area contributed by atoms with Crippen LogP contribution in [0, 0.1) is 11.6 Å². The Bertz CT molecular complexity index is 1280. The molecule has 1 aromatic heterocycles. The highest BCUT2D eigenvalue weighted by Crippen LogP contribution is 2.35. The molecule has 0 saturated carbocycles. The van der Waals surface area contributed by atoms with Gasteiger partial charge < -0.3 is 23.5 Å². The normalized spacial score (nSPS) is 10.7. The summed E-state index contributed by atoms with van der Waals surface area (Å²) >= 11 is 0. The second-order valence-corrected chi connectivity index (χ2v) is 6.90. The molecule has 0 atom stereocenters. The molecule has 0 unspecified atom stereocenters. The second-order valence-electron chi connectivity index (χ2n) is 6.90. The average Bonchev–Trinajstić information content (AvgIpc) is 3.34. The first-order valence-electron chi connectivity index (χ1n) is 9.83. The Morgan fingerprint density at radius 2 is 1.39 bits per heavy atom. The smallest absolute Gasteiger partial charge is 0.258 e. The molecule has 33 heavy (non-hydrogen) atoms. The van der Waals surface area contributed by atoms with E-state index in [1.54, 1.807) is 50.6 Å². The number of hydrogen-bond donors (Lipinski definition) is 0. The zero-order valence-corrected chi connectivity index (χ0v) is 18.1. The average molecular weight is 454 g/mol. The van der Waals surface area contributed by atoms with Crippen LogP contribution in [0.15, 0.2) is 59.1 Å². The summed E-state index contributed by atoms with van der Waals surface area (Å²) in [5, 5.41) is 4.05. The van der Waals surface area contributed by atoms with Crippen LogP contribution in [0.2, 0.25) is 0 Å². The maximum atomic E-state index is 13.4. The lowest BCUT2D eigenvalue weighted by atomic mass is 10.1. The van der Waals surface area contributed by atoms with Gasteiger partial charge in [-0.25, -0.2) is 8.78 Å². The number of methoxy groups -OCH3 is 3. The monoisotopic (exact) mass is 454 g/mol. The highest BCUT2D eigenvalue weighted by molar-refractivity contribution is 5.65. The molecule has 0 aliphatic carbocycles. The Balaban J connectivity index is 1.54. The van der Waals surface area contributed by atoms with Gasteiger partial charge in [0.2, 0.25) is 5.82 Å². The molecule has 0 radical (unpaired) electrons. The lowest BCUT2D eigenvalue weighted by Gasteiger charge is -2.11. The van der Waals surface area contributed by atoms with E-state index in [4.69, 9.17) is 23.5 Å². The minimum Gasteiger partial charge on any atom is -0.493 e. The van der Waals surface area contributed by atoms with E-state index in [0.717, 1.165) is 12.1 Å². The van der Waals surface area contributed by atoms with Gasteiger partial charge in [0.15, 0.2) is 34.6 Å². The van der Waals surface area contributed by atoms with Crippen molar-refractivity contribution in [2.24, 2.45) is 0 Å². The topological polar surface area (TPSA) is 75.8 Å². The van der Waals surface area contributed by atoms with Gasteiger partial charge in [0.05, 0.1) is 21.3 Å². The quantitative estimate of drug-likeness (QED) is 0.358. The van der Waals surface area contributed by atoms with Gasteiger partial charge in [0, 0.05) is 11.1 Å². The van der Waals surface area contributed by atoms with Gasteiger partial charge >= 0.3 is 0 Å². The molecule has 0 N–H and O–H groups in total. The Morgan fingerprint density at radius 3 is 2.12 bits per heavy atom. The van der Waals surface area contributed by atoms with Gasteiger partial charge in [-0.3, -0.25) is 0 Å². The maximum absolute atomic E-state index is 13.4. The third kappa shape index (κ3) is 4.72. The van der Waals surface area contributed by atoms with Crippen molar-refractivity contribution in [3.05, 3.63) is 71.8 Å². The second kappa shape index (κ2) is 9.56. The van der Waals surface area contributed by atoms with Gasteiger partial charge in [-0.2, -0.15) is 4.98 Å². The summed E-state index contributed by atoms with van der Waals surface area (Å²) < 4.78 is 53.6. The number of hydrogen-bond acceptors (Lipinski definition) is 7. The van der Waals surface area contributed by atoms with E-state index >= 15 is 0 Å². The van der Waals surface area contributed by atoms with Crippen LogP contribution in [0.1, 0.15) is 5.56 Å². The zero-order chi connectivity index (χ0) is 23.4. The minimum atomic E-state index is -0.930. The van der Waals surface area contributed by atoms with Crippen molar-refractivity contribution in [3.8, 4) is 45.8 Å². The molecular formula is C24H20F2N2O5. The van der Waals surface area contributed by atoms with Crippen LogP contribution >= 0.6 is 0 Å². The van der Waals surface area contributed by atoms with Crippen LogP contribution in [-0.2, 0) is 6.61 Å². The Morgan fingerprint density at radius 1 is 0.727 bits per heavy atom. The van der Waals surface area contributed by atoms with Crippen molar-refractivity contribution >= 4 is 0 Å². The van der Waals surface area contributed by atoms with Gasteiger partial charge in [0.25, 0.3) is 5.89 Å². The summed E-state index contributed by atoms with van der Waals surface area (Å²) in [5.74, 6) is 0.800. The summed E-state index contributed by atoms with van der Waals surface area (Å²) in [4.78, 5) is 4.45. The highest BCUT2D eigenvalue weighted by atomic mass is 19.2. The van der Waals surface area contributed by atoms with Gasteiger partial charge in [0.1, 0.15) is 6.61 Å². The first-order valence-corrected chi connectivity index (χ1v) is 9.83. The number of halogens is 2. The molecule has 9 heteroatoms. The number of ether oxygens (including phenoxy) is 4. The molecule has 4 aromatic rings. The van der Waals surface area contributed by atoms with Crippen LogP contribution in [0.4, 0.5) is 8.78 Å². The van der Waals surface area contributed by atoms with E-state index in [1.807, 2.05) is 0 Å². The van der Waals surface area contributed by atoms with E-state index < -0.39 is 11.6 Å². The summed E-state index contributed by atoms with van der Waals surface area (Å²) in [6, 6.07) is 14.0. The fourth-order valence-electron chi connectivity index (χ4n) is 3.14. The zero-order valence-electron chi connectivity index (χ0n) is 18.1. The van der Waals surface area contributed by atoms with E-state index in [0.29, 0.717) is 51.4 Å². The molecule has 4 rings (SSSR count). The van der Waals surface area contributed by atoms with Crippen LogP contribution in [0.25, 0.3) is 22.8 Å². The van der Waals surface area contributed by atoms with Gasteiger partial charge in [-0.05, 0) is 54.1 Å². The molecule has 0 bridgehead atoms. The number of benzene rings is 3. The van der Waals surface area contributed by atoms with Crippen LogP contribution in [0.3, 0.4) is 0 Å². The molecule has 0 aliphatic heterocycles. The summed E-state index contributed by atoms with van der Waals surface area (Å²) in [5.41, 5.74) is 1.80. The Hall–Kier alpha value is -4.14. The number of aromatic nitrogens is 2. The lowest BCUT2D eigenvalue weighted by Crippen LogP contribution is -1.99. The van der Waals surface area contributed by atoms with E-state index in [1.165, 1.54) is 13.2 Å². The van der Waals surface area contributed by atoms with Crippen LogP contribution < -0.4 is 18.9 Å². The largest absolute Gasteiger partial charge is 0.493 e. The molecule has 0 fully saturated rings. The first-order chi connectivity index (χ1) is 16.0. The number of nitrogens with zero attached hydrogens (tertiary/aromatic N) is 2. The van der Waals surface area contributed by atoms with Crippen LogP contribution in [-0.4, -0.2) is 31.5 Å². The summed E-state index contributed by atoms with van der Waals surface area (Å²) in [6.07, 6.45) is 0. The number of rotatable bonds is 8. The molecule has 0 aliphatic rings. The molecule has 0 spiro atoms. The van der Waals surface area contributed by atoms with Crippen molar-refractivity contribution in [2.45, 2.75) is 6.61 Å². The third-order valence-corrected chi connectivity index (χ3v) is 4.86. The summed E-state index contributed by atoms with van der Waals surface area (Å²) in [7, 11) is 4.60. The minimum absolute atomic E-state index is 0.0402. The lowest BCUT2D eigenvalue weighted by molar-refractivity contribution is 0.284.